The van der Waals surface area contributed by atoms with Gasteiger partial charge in [0.15, 0.2) is 0 Å². The van der Waals surface area contributed by atoms with Crippen molar-refractivity contribution in [2.24, 2.45) is 0 Å². The number of aromatic amines is 2. The highest BCUT2D eigenvalue weighted by Gasteiger charge is 2.21. The fourth-order valence-corrected chi connectivity index (χ4v) is 2.71. The van der Waals surface area contributed by atoms with E-state index < -0.39 is 0 Å². The Hall–Kier alpha value is -2.95. The summed E-state index contributed by atoms with van der Waals surface area (Å²) in [7, 11) is 0. The summed E-state index contributed by atoms with van der Waals surface area (Å²) in [5, 5.41) is 1.12. The molecule has 0 unspecified atom stereocenters. The molecule has 4 rings (SSSR count). The van der Waals surface area contributed by atoms with Crippen LogP contribution in [0.25, 0.3) is 10.9 Å². The second kappa shape index (κ2) is 4.86. The van der Waals surface area contributed by atoms with Gasteiger partial charge in [-0.2, -0.15) is 0 Å². The van der Waals surface area contributed by atoms with Crippen LogP contribution in [-0.2, 0) is 0 Å². The predicted octanol–water partition coefficient (Wildman–Crippen LogP) is 2.86. The fourth-order valence-electron chi connectivity index (χ4n) is 2.71. The number of benzene rings is 1. The number of rotatable bonds is 3. The third kappa shape index (κ3) is 1.99. The van der Waals surface area contributed by atoms with Crippen molar-refractivity contribution in [2.45, 2.75) is 5.92 Å². The Kier molecular flexibility index (Phi) is 2.74. The molecule has 0 saturated heterocycles. The van der Waals surface area contributed by atoms with Gasteiger partial charge in [-0.25, -0.2) is 9.97 Å². The van der Waals surface area contributed by atoms with E-state index in [1.165, 1.54) is 0 Å². The van der Waals surface area contributed by atoms with E-state index in [0.717, 1.165) is 27.9 Å². The second-order valence-corrected chi connectivity index (χ2v) is 4.87. The number of aromatic nitrogens is 5. The summed E-state index contributed by atoms with van der Waals surface area (Å²) in [5.41, 5.74) is 4.14. The van der Waals surface area contributed by atoms with Crippen molar-refractivity contribution < 1.29 is 0 Å². The van der Waals surface area contributed by atoms with Gasteiger partial charge in [0.05, 0.1) is 24.1 Å². The van der Waals surface area contributed by atoms with Gasteiger partial charge >= 0.3 is 0 Å². The maximum absolute atomic E-state index is 4.55. The molecule has 0 saturated carbocycles. The summed E-state index contributed by atoms with van der Waals surface area (Å²) in [6, 6.07) is 10.2. The molecule has 0 atom stereocenters. The van der Waals surface area contributed by atoms with Gasteiger partial charge < -0.3 is 9.97 Å². The van der Waals surface area contributed by atoms with Gasteiger partial charge in [-0.1, -0.05) is 24.3 Å². The van der Waals surface area contributed by atoms with Crippen LogP contribution in [0.1, 0.15) is 22.9 Å². The number of fused-ring (bicyclic) bond motifs is 1. The van der Waals surface area contributed by atoms with Crippen LogP contribution in [0.4, 0.5) is 0 Å². The van der Waals surface area contributed by atoms with Crippen LogP contribution >= 0.6 is 0 Å². The Morgan fingerprint density at radius 3 is 2.24 bits per heavy atom. The van der Waals surface area contributed by atoms with Gasteiger partial charge in [-0.3, -0.25) is 4.98 Å². The highest BCUT2D eigenvalue weighted by Crippen LogP contribution is 2.32. The molecule has 4 aromatic rings. The van der Waals surface area contributed by atoms with Crippen LogP contribution in [-0.4, -0.2) is 24.9 Å². The zero-order valence-corrected chi connectivity index (χ0v) is 11.2. The molecule has 2 N–H and O–H groups in total. The first-order valence-electron chi connectivity index (χ1n) is 6.73. The van der Waals surface area contributed by atoms with Crippen molar-refractivity contribution in [2.75, 3.05) is 0 Å². The molecule has 5 heteroatoms. The molecule has 0 fully saturated rings. The summed E-state index contributed by atoms with van der Waals surface area (Å²) in [5.74, 6) is 0.00796. The van der Waals surface area contributed by atoms with Crippen LogP contribution < -0.4 is 0 Å². The number of hydrogen-bond donors (Lipinski definition) is 2. The fraction of sp³-hybridized carbons (Fsp3) is 0.0625. The largest absolute Gasteiger partial charge is 0.348 e. The number of hydrogen-bond acceptors (Lipinski definition) is 3. The van der Waals surface area contributed by atoms with Crippen molar-refractivity contribution in [3.8, 4) is 0 Å². The van der Waals surface area contributed by atoms with E-state index in [-0.39, 0.29) is 5.92 Å². The number of para-hydroxylation sites is 1. The lowest BCUT2D eigenvalue weighted by Crippen LogP contribution is -2.05. The molecule has 0 spiro atoms. The molecule has 0 aliphatic carbocycles. The van der Waals surface area contributed by atoms with Gasteiger partial charge in [0, 0.05) is 35.4 Å². The summed E-state index contributed by atoms with van der Waals surface area (Å²) in [6.07, 6.45) is 8.89. The van der Waals surface area contributed by atoms with E-state index in [1.807, 2.05) is 24.7 Å². The van der Waals surface area contributed by atoms with Gasteiger partial charge in [0.1, 0.15) is 0 Å². The van der Waals surface area contributed by atoms with Gasteiger partial charge in [-0.05, 0) is 11.6 Å². The Labute approximate surface area is 121 Å². The number of nitrogens with zero attached hydrogens (tertiary/aromatic N) is 3. The highest BCUT2D eigenvalue weighted by atomic mass is 14.9. The molecule has 1 aromatic carbocycles. The second-order valence-electron chi connectivity index (χ2n) is 4.87. The lowest BCUT2D eigenvalue weighted by atomic mass is 9.91. The van der Waals surface area contributed by atoms with Crippen LogP contribution in [0.2, 0.25) is 0 Å². The van der Waals surface area contributed by atoms with E-state index in [1.54, 1.807) is 12.7 Å². The van der Waals surface area contributed by atoms with Gasteiger partial charge in [0.25, 0.3) is 0 Å². The number of pyridine rings is 1. The molecule has 5 nitrogen and oxygen atoms in total. The predicted molar refractivity (Wildman–Crippen MR) is 79.9 cm³/mol. The molecule has 0 amide bonds. The average molecular weight is 275 g/mol. The first kappa shape index (κ1) is 11.8. The first-order valence-corrected chi connectivity index (χ1v) is 6.73. The average Bonchev–Trinajstić information content (AvgIpc) is 3.22. The summed E-state index contributed by atoms with van der Waals surface area (Å²) in [6.45, 7) is 0. The Morgan fingerprint density at radius 2 is 1.57 bits per heavy atom. The van der Waals surface area contributed by atoms with Gasteiger partial charge in [-0.15, -0.1) is 0 Å². The molecule has 0 bridgehead atoms. The Balaban J connectivity index is 1.98. The Morgan fingerprint density at radius 1 is 0.857 bits per heavy atom. The molecule has 21 heavy (non-hydrogen) atoms. The standard InChI is InChI=1S/C16H13N5/c1-3-11-4-2-6-19-16(11)12(5-1)15(13-7-17-9-20-13)14-8-18-10-21-14/h1-10,15H,(H,17,20)(H,18,21). The van der Waals surface area contributed by atoms with Crippen molar-refractivity contribution >= 4 is 10.9 Å². The van der Waals surface area contributed by atoms with E-state index in [9.17, 15) is 0 Å². The van der Waals surface area contributed by atoms with Gasteiger partial charge in [0.2, 0.25) is 0 Å². The molecule has 3 heterocycles. The molecule has 3 aromatic heterocycles. The van der Waals surface area contributed by atoms with Crippen molar-refractivity contribution in [3.63, 3.8) is 0 Å². The zero-order valence-electron chi connectivity index (χ0n) is 11.2. The first-order chi connectivity index (χ1) is 10.4. The van der Waals surface area contributed by atoms with Crippen LogP contribution in [0.5, 0.6) is 0 Å². The molecular formula is C16H13N5. The highest BCUT2D eigenvalue weighted by molar-refractivity contribution is 5.82. The summed E-state index contributed by atoms with van der Waals surface area (Å²) >= 11 is 0. The normalized spacial score (nSPS) is 11.3. The third-order valence-corrected chi connectivity index (χ3v) is 3.64. The lowest BCUT2D eigenvalue weighted by Gasteiger charge is -2.16. The van der Waals surface area contributed by atoms with Crippen LogP contribution in [0, 0.1) is 0 Å². The third-order valence-electron chi connectivity index (χ3n) is 3.64. The number of imidazole rings is 2. The monoisotopic (exact) mass is 275 g/mol. The summed E-state index contributed by atoms with van der Waals surface area (Å²) < 4.78 is 0. The SMILES string of the molecule is c1cnc2c(C(c3cnc[nH]3)c3cnc[nH]3)cccc2c1. The van der Waals surface area contributed by atoms with E-state index in [4.69, 9.17) is 0 Å². The Bertz CT molecular complexity index is 810. The minimum Gasteiger partial charge on any atom is -0.348 e. The molecular weight excluding hydrogens is 262 g/mol. The minimum absolute atomic E-state index is 0.00796. The maximum atomic E-state index is 4.55. The number of nitrogens with one attached hydrogen (secondary N) is 2. The quantitative estimate of drug-likeness (QED) is 0.604. The van der Waals surface area contributed by atoms with Crippen molar-refractivity contribution in [1.82, 2.24) is 24.9 Å². The topological polar surface area (TPSA) is 70.2 Å². The molecule has 0 aliphatic heterocycles. The molecule has 0 radical (unpaired) electrons. The minimum atomic E-state index is 0.00796. The van der Waals surface area contributed by atoms with E-state index >= 15 is 0 Å². The maximum Gasteiger partial charge on any atom is 0.0922 e. The molecule has 0 aliphatic rings. The number of H-pyrrole nitrogens is 2. The molecule has 102 valence electrons. The van der Waals surface area contributed by atoms with Crippen LogP contribution in [0.3, 0.4) is 0 Å². The van der Waals surface area contributed by atoms with E-state index in [0.29, 0.717) is 0 Å². The smallest absolute Gasteiger partial charge is 0.0922 e. The van der Waals surface area contributed by atoms with Crippen LogP contribution in [0.15, 0.2) is 61.6 Å². The summed E-state index contributed by atoms with van der Waals surface area (Å²) in [4.78, 5) is 19.3. The van der Waals surface area contributed by atoms with Crippen molar-refractivity contribution in [1.29, 1.82) is 0 Å². The van der Waals surface area contributed by atoms with Crippen molar-refractivity contribution in [3.05, 3.63) is 78.5 Å². The zero-order chi connectivity index (χ0) is 14.1. The lowest BCUT2D eigenvalue weighted by molar-refractivity contribution is 0.902. The van der Waals surface area contributed by atoms with E-state index in [2.05, 4.69) is 49.2 Å².